The maximum atomic E-state index is 13.0. The molecule has 1 aromatic carbocycles. The highest BCUT2D eigenvalue weighted by Crippen LogP contribution is 2.34. The van der Waals surface area contributed by atoms with Crippen molar-refractivity contribution in [2.24, 2.45) is 11.8 Å². The first-order valence-electron chi connectivity index (χ1n) is 14.0. The van der Waals surface area contributed by atoms with Gasteiger partial charge in [-0.25, -0.2) is 4.79 Å². The second-order valence-corrected chi connectivity index (χ2v) is 10.8. The zero-order chi connectivity index (χ0) is 27.4. The van der Waals surface area contributed by atoms with Crippen molar-refractivity contribution in [2.75, 3.05) is 46.6 Å². The third-order valence-corrected chi connectivity index (χ3v) is 8.36. The second-order valence-electron chi connectivity index (χ2n) is 10.8. The number of fused-ring (bicyclic) bond motifs is 2. The van der Waals surface area contributed by atoms with E-state index in [4.69, 9.17) is 14.2 Å². The van der Waals surface area contributed by atoms with Gasteiger partial charge in [-0.3, -0.25) is 24.2 Å². The molecule has 3 atom stereocenters. The molecule has 11 heteroatoms. The lowest BCUT2D eigenvalue weighted by Gasteiger charge is -2.41. The molecule has 3 unspecified atom stereocenters. The van der Waals surface area contributed by atoms with Crippen LogP contribution in [0.5, 0.6) is 11.5 Å². The summed E-state index contributed by atoms with van der Waals surface area (Å²) in [5.41, 5.74) is 1.17. The van der Waals surface area contributed by atoms with Crippen LogP contribution in [0, 0.1) is 11.8 Å². The molecule has 5 rings (SSSR count). The molecule has 1 N–H and O–H groups in total. The molecule has 11 nitrogen and oxygen atoms in total. The lowest BCUT2D eigenvalue weighted by atomic mass is 9.76. The number of carbonyl (C=O) groups is 4. The Morgan fingerprint density at radius 2 is 1.82 bits per heavy atom. The summed E-state index contributed by atoms with van der Waals surface area (Å²) < 4.78 is 15.7. The number of hydrogen-bond acceptors (Lipinski definition) is 8. The average molecular weight is 543 g/mol. The summed E-state index contributed by atoms with van der Waals surface area (Å²) in [6.45, 7) is 4.52. The van der Waals surface area contributed by atoms with Crippen LogP contribution < -0.4 is 14.8 Å². The third kappa shape index (κ3) is 6.29. The van der Waals surface area contributed by atoms with Gasteiger partial charge in [0.05, 0.1) is 18.9 Å². The highest BCUT2D eigenvalue weighted by atomic mass is 16.7. The Labute approximate surface area is 228 Å². The number of methoxy groups -OCH3 is 1. The predicted octanol–water partition coefficient (Wildman–Crippen LogP) is 2.13. The molecule has 0 bridgehead atoms. The van der Waals surface area contributed by atoms with Gasteiger partial charge in [-0.1, -0.05) is 12.5 Å². The van der Waals surface area contributed by atoms with Crippen LogP contribution in [0.25, 0.3) is 0 Å². The fourth-order valence-corrected chi connectivity index (χ4v) is 6.09. The van der Waals surface area contributed by atoms with Gasteiger partial charge < -0.3 is 24.4 Å². The van der Waals surface area contributed by atoms with Crippen LogP contribution in [0.4, 0.5) is 4.79 Å². The van der Waals surface area contributed by atoms with E-state index in [1.807, 2.05) is 17.0 Å². The van der Waals surface area contributed by atoms with Crippen LogP contribution in [0.3, 0.4) is 0 Å². The highest BCUT2D eigenvalue weighted by molar-refractivity contribution is 5.98. The summed E-state index contributed by atoms with van der Waals surface area (Å²) in [5.74, 6) is 0.749. The van der Waals surface area contributed by atoms with Crippen molar-refractivity contribution in [3.63, 3.8) is 0 Å². The quantitative estimate of drug-likeness (QED) is 0.373. The topological polar surface area (TPSA) is 118 Å². The van der Waals surface area contributed by atoms with Crippen LogP contribution in [0.2, 0.25) is 0 Å². The first-order chi connectivity index (χ1) is 18.9. The Morgan fingerprint density at radius 3 is 2.62 bits per heavy atom. The number of benzene rings is 1. The van der Waals surface area contributed by atoms with Crippen LogP contribution in [0.1, 0.15) is 50.5 Å². The maximum absolute atomic E-state index is 13.0. The molecule has 0 aromatic heterocycles. The van der Waals surface area contributed by atoms with E-state index in [1.165, 1.54) is 17.6 Å². The summed E-state index contributed by atoms with van der Waals surface area (Å²) in [4.78, 5) is 55.7. The normalized spacial score (nSPS) is 24.8. The van der Waals surface area contributed by atoms with Crippen molar-refractivity contribution >= 4 is 23.8 Å². The van der Waals surface area contributed by atoms with Gasteiger partial charge >= 0.3 is 12.0 Å². The molecule has 1 saturated carbocycles. The number of urea groups is 1. The number of piperazine rings is 1. The molecule has 3 heterocycles. The first kappa shape index (κ1) is 27.2. The van der Waals surface area contributed by atoms with Crippen LogP contribution >= 0.6 is 0 Å². The summed E-state index contributed by atoms with van der Waals surface area (Å²) in [7, 11) is 1.36. The average Bonchev–Trinajstić information content (AvgIpc) is 3.42. The van der Waals surface area contributed by atoms with Gasteiger partial charge in [-0.05, 0) is 49.8 Å². The Kier molecular flexibility index (Phi) is 8.54. The van der Waals surface area contributed by atoms with E-state index in [0.717, 1.165) is 44.0 Å². The lowest BCUT2D eigenvalue weighted by molar-refractivity contribution is -0.149. The van der Waals surface area contributed by atoms with Crippen molar-refractivity contribution in [2.45, 2.75) is 57.5 Å². The second kappa shape index (κ2) is 12.2. The SMILES string of the molecule is COC(=O)C1CCC2C(=O)N(CCCCCC(=O)N3CCN(Cc4ccc5c(c4)OCO5)CC3)C(=O)NC2C1. The summed E-state index contributed by atoms with van der Waals surface area (Å²) in [6, 6.07) is 5.32. The number of nitrogens with zero attached hydrogens (tertiary/aromatic N) is 3. The van der Waals surface area contributed by atoms with Crippen LogP contribution in [0.15, 0.2) is 18.2 Å². The number of imide groups is 1. The molecule has 0 spiro atoms. The highest BCUT2D eigenvalue weighted by Gasteiger charge is 2.45. The van der Waals surface area contributed by atoms with E-state index in [-0.39, 0.29) is 48.5 Å². The minimum Gasteiger partial charge on any atom is -0.469 e. The number of carbonyl (C=O) groups excluding carboxylic acids is 4. The molecule has 3 aliphatic heterocycles. The smallest absolute Gasteiger partial charge is 0.324 e. The number of rotatable bonds is 9. The van der Waals surface area contributed by atoms with Gasteiger partial charge in [-0.2, -0.15) is 0 Å². The number of unbranched alkanes of at least 4 members (excludes halogenated alkanes) is 2. The largest absolute Gasteiger partial charge is 0.469 e. The van der Waals surface area contributed by atoms with Gasteiger partial charge in [0.25, 0.3) is 0 Å². The minimum absolute atomic E-state index is 0.151. The zero-order valence-electron chi connectivity index (χ0n) is 22.6. The molecule has 0 radical (unpaired) electrons. The van der Waals surface area contributed by atoms with Gasteiger partial charge in [0.2, 0.25) is 18.6 Å². The van der Waals surface area contributed by atoms with Gasteiger partial charge in [0.15, 0.2) is 11.5 Å². The molecule has 1 aromatic rings. The van der Waals surface area contributed by atoms with Gasteiger partial charge in [-0.15, -0.1) is 0 Å². The van der Waals surface area contributed by atoms with E-state index in [2.05, 4.69) is 16.3 Å². The van der Waals surface area contributed by atoms with Gasteiger partial charge in [0.1, 0.15) is 0 Å². The summed E-state index contributed by atoms with van der Waals surface area (Å²) >= 11 is 0. The van der Waals surface area contributed by atoms with E-state index in [0.29, 0.717) is 51.7 Å². The Bertz CT molecular complexity index is 1090. The van der Waals surface area contributed by atoms with Crippen molar-refractivity contribution in [3.8, 4) is 11.5 Å². The Hall–Kier alpha value is -3.34. The van der Waals surface area contributed by atoms with Crippen LogP contribution in [-0.4, -0.2) is 91.2 Å². The molecule has 2 saturated heterocycles. The number of hydrogen-bond donors (Lipinski definition) is 1. The number of amides is 4. The van der Waals surface area contributed by atoms with Crippen LogP contribution in [-0.2, 0) is 25.7 Å². The van der Waals surface area contributed by atoms with E-state index in [1.54, 1.807) is 0 Å². The molecule has 3 fully saturated rings. The number of esters is 1. The van der Waals surface area contributed by atoms with E-state index < -0.39 is 0 Å². The maximum Gasteiger partial charge on any atom is 0.324 e. The first-order valence-corrected chi connectivity index (χ1v) is 14.0. The predicted molar refractivity (Wildman–Crippen MR) is 140 cm³/mol. The van der Waals surface area contributed by atoms with E-state index >= 15 is 0 Å². The van der Waals surface area contributed by atoms with Crippen molar-refractivity contribution in [1.29, 1.82) is 0 Å². The Morgan fingerprint density at radius 1 is 1.03 bits per heavy atom. The monoisotopic (exact) mass is 542 g/mol. The Balaban J connectivity index is 0.976. The molecule has 39 heavy (non-hydrogen) atoms. The zero-order valence-corrected chi connectivity index (χ0v) is 22.6. The molecular weight excluding hydrogens is 504 g/mol. The van der Waals surface area contributed by atoms with E-state index in [9.17, 15) is 19.2 Å². The van der Waals surface area contributed by atoms with Gasteiger partial charge in [0, 0.05) is 51.7 Å². The lowest BCUT2D eigenvalue weighted by Crippen LogP contribution is -2.61. The fraction of sp³-hybridized carbons (Fsp3) is 0.643. The minimum atomic E-state index is -0.388. The molecule has 4 amide bonds. The molecule has 4 aliphatic rings. The molecule has 212 valence electrons. The van der Waals surface area contributed by atoms with Crippen molar-refractivity contribution < 1.29 is 33.4 Å². The molecular formula is C28H38N4O7. The number of nitrogens with one attached hydrogen (secondary N) is 1. The van der Waals surface area contributed by atoms with Crippen molar-refractivity contribution in [1.82, 2.24) is 20.0 Å². The fourth-order valence-electron chi connectivity index (χ4n) is 6.09. The third-order valence-electron chi connectivity index (χ3n) is 8.36. The molecule has 1 aliphatic carbocycles. The standard InChI is InChI=1S/C28H38N4O7/c1-37-27(35)20-7-8-21-22(16-20)29-28(36)32(26(21)34)10-4-2-3-5-25(33)31-13-11-30(12-14-31)17-19-6-9-23-24(15-19)39-18-38-23/h6,9,15,20-22H,2-5,7-8,10-14,16-18H2,1H3,(H,29,36). The summed E-state index contributed by atoms with van der Waals surface area (Å²) in [6.07, 6.45) is 4.24. The number of ether oxygens (including phenoxy) is 3. The van der Waals surface area contributed by atoms with Crippen molar-refractivity contribution in [3.05, 3.63) is 23.8 Å². The summed E-state index contributed by atoms with van der Waals surface area (Å²) in [5, 5.41) is 2.92.